The van der Waals surface area contributed by atoms with E-state index >= 15 is 0 Å². The number of hydrogen-bond donors (Lipinski definition) is 1. The molecule has 2 aromatic rings. The van der Waals surface area contributed by atoms with Crippen LogP contribution in [0.15, 0.2) is 12.5 Å². The smallest absolute Gasteiger partial charge is 0.360 e. The molecule has 8 nitrogen and oxygen atoms in total. The number of methoxy groups -OCH3 is 1. The Labute approximate surface area is 110 Å². The lowest BCUT2D eigenvalue weighted by atomic mass is 10.4. The highest BCUT2D eigenvalue weighted by atomic mass is 16.5. The van der Waals surface area contributed by atoms with Crippen LogP contribution in [0, 0.1) is 0 Å². The van der Waals surface area contributed by atoms with Crippen LogP contribution in [-0.4, -0.2) is 37.6 Å². The summed E-state index contributed by atoms with van der Waals surface area (Å²) >= 11 is 0. The van der Waals surface area contributed by atoms with Crippen molar-refractivity contribution in [1.82, 2.24) is 24.5 Å². The lowest BCUT2D eigenvalue weighted by molar-refractivity contribution is 0.0594. The van der Waals surface area contributed by atoms with Gasteiger partial charge in [-0.2, -0.15) is 10.2 Å². The molecule has 0 aliphatic rings. The van der Waals surface area contributed by atoms with E-state index in [4.69, 9.17) is 5.73 Å². The molecule has 2 heterocycles. The lowest BCUT2D eigenvalue weighted by Gasteiger charge is -2.04. The number of nitrogen functional groups attached to an aromatic ring is 1. The average Bonchev–Trinajstić information content (AvgIpc) is 2.97. The Bertz CT molecular complexity index is 574. The molecule has 0 amide bonds. The van der Waals surface area contributed by atoms with Gasteiger partial charge in [-0.1, -0.05) is 6.92 Å². The second-order valence-electron chi connectivity index (χ2n) is 4.02. The number of anilines is 1. The van der Waals surface area contributed by atoms with Crippen molar-refractivity contribution in [3.8, 4) is 0 Å². The molecule has 0 aliphatic heterocycles. The highest BCUT2D eigenvalue weighted by Crippen LogP contribution is 2.11. The van der Waals surface area contributed by atoms with Gasteiger partial charge in [0.1, 0.15) is 18.7 Å². The molecule has 0 radical (unpaired) electrons. The van der Waals surface area contributed by atoms with Gasteiger partial charge in [-0.25, -0.2) is 14.5 Å². The van der Waals surface area contributed by atoms with Crippen LogP contribution >= 0.6 is 0 Å². The number of carbonyl (C=O) groups excluding carboxylic acids is 1. The van der Waals surface area contributed by atoms with Crippen LogP contribution in [0.3, 0.4) is 0 Å². The fourth-order valence-electron chi connectivity index (χ4n) is 1.73. The van der Waals surface area contributed by atoms with E-state index in [0.29, 0.717) is 6.54 Å². The SMILES string of the molecule is CCCn1ncnc1Cn1cc(N)c(C(=O)OC)n1. The van der Waals surface area contributed by atoms with Crippen LogP contribution < -0.4 is 5.73 Å². The number of nitrogens with zero attached hydrogens (tertiary/aromatic N) is 5. The molecule has 0 aliphatic carbocycles. The van der Waals surface area contributed by atoms with Crippen LogP contribution in [0.1, 0.15) is 29.7 Å². The third-order valence-electron chi connectivity index (χ3n) is 2.60. The van der Waals surface area contributed by atoms with Gasteiger partial charge in [0.25, 0.3) is 0 Å². The van der Waals surface area contributed by atoms with Crippen molar-refractivity contribution in [2.24, 2.45) is 0 Å². The Kier molecular flexibility index (Phi) is 3.79. The van der Waals surface area contributed by atoms with Crippen molar-refractivity contribution in [3.63, 3.8) is 0 Å². The molecule has 2 N–H and O–H groups in total. The maximum absolute atomic E-state index is 11.4. The summed E-state index contributed by atoms with van der Waals surface area (Å²) in [7, 11) is 1.29. The summed E-state index contributed by atoms with van der Waals surface area (Å²) in [4.78, 5) is 15.6. The van der Waals surface area contributed by atoms with Crippen molar-refractivity contribution >= 4 is 11.7 Å². The third-order valence-corrected chi connectivity index (χ3v) is 2.60. The molecule has 0 spiro atoms. The number of ether oxygens (including phenoxy) is 1. The lowest BCUT2D eigenvalue weighted by Crippen LogP contribution is -2.11. The molecule has 0 bridgehead atoms. The summed E-state index contributed by atoms with van der Waals surface area (Å²) in [5.74, 6) is 0.215. The molecule has 0 saturated carbocycles. The molecule has 0 aromatic carbocycles. The van der Waals surface area contributed by atoms with Crippen molar-refractivity contribution in [3.05, 3.63) is 24.0 Å². The molecular weight excluding hydrogens is 248 g/mol. The summed E-state index contributed by atoms with van der Waals surface area (Å²) in [6, 6.07) is 0. The van der Waals surface area contributed by atoms with Crippen LogP contribution in [-0.2, 0) is 17.8 Å². The predicted octanol–water partition coefficient (Wildman–Crippen LogP) is 0.302. The normalized spacial score (nSPS) is 10.6. The highest BCUT2D eigenvalue weighted by Gasteiger charge is 2.16. The Morgan fingerprint density at radius 2 is 2.32 bits per heavy atom. The molecular formula is C11H16N6O2. The van der Waals surface area contributed by atoms with Crippen molar-refractivity contribution in [2.75, 3.05) is 12.8 Å². The zero-order valence-corrected chi connectivity index (χ0v) is 10.9. The Morgan fingerprint density at radius 1 is 1.53 bits per heavy atom. The van der Waals surface area contributed by atoms with E-state index in [1.807, 2.05) is 0 Å². The Hall–Kier alpha value is -2.38. The van der Waals surface area contributed by atoms with Gasteiger partial charge >= 0.3 is 5.97 Å². The zero-order valence-electron chi connectivity index (χ0n) is 10.9. The van der Waals surface area contributed by atoms with Gasteiger partial charge in [0.2, 0.25) is 0 Å². The number of aryl methyl sites for hydroxylation is 1. The summed E-state index contributed by atoms with van der Waals surface area (Å²) in [5.41, 5.74) is 6.12. The zero-order chi connectivity index (χ0) is 13.8. The predicted molar refractivity (Wildman–Crippen MR) is 67.4 cm³/mol. The molecule has 8 heteroatoms. The molecule has 0 unspecified atom stereocenters. The van der Waals surface area contributed by atoms with Gasteiger partial charge in [0.15, 0.2) is 5.69 Å². The van der Waals surface area contributed by atoms with E-state index in [2.05, 4.69) is 26.8 Å². The number of aromatic nitrogens is 5. The molecule has 2 rings (SSSR count). The summed E-state index contributed by atoms with van der Waals surface area (Å²) in [5, 5.41) is 8.22. The third kappa shape index (κ3) is 2.72. The van der Waals surface area contributed by atoms with Crippen molar-refractivity contribution < 1.29 is 9.53 Å². The number of hydrogen-bond acceptors (Lipinski definition) is 6. The first-order valence-corrected chi connectivity index (χ1v) is 5.93. The Morgan fingerprint density at radius 3 is 3.00 bits per heavy atom. The fourth-order valence-corrected chi connectivity index (χ4v) is 1.73. The monoisotopic (exact) mass is 264 g/mol. The maximum atomic E-state index is 11.4. The van der Waals surface area contributed by atoms with E-state index in [1.54, 1.807) is 15.6 Å². The minimum Gasteiger partial charge on any atom is -0.464 e. The minimum absolute atomic E-state index is 0.115. The van der Waals surface area contributed by atoms with Crippen molar-refractivity contribution in [2.45, 2.75) is 26.4 Å². The largest absolute Gasteiger partial charge is 0.464 e. The van der Waals surface area contributed by atoms with Gasteiger partial charge < -0.3 is 10.5 Å². The molecule has 19 heavy (non-hydrogen) atoms. The Balaban J connectivity index is 2.19. The van der Waals surface area contributed by atoms with Crippen LogP contribution in [0.25, 0.3) is 0 Å². The van der Waals surface area contributed by atoms with Gasteiger partial charge in [0.05, 0.1) is 12.8 Å². The minimum atomic E-state index is -0.550. The van der Waals surface area contributed by atoms with Crippen LogP contribution in [0.2, 0.25) is 0 Å². The first-order valence-electron chi connectivity index (χ1n) is 5.93. The summed E-state index contributed by atoms with van der Waals surface area (Å²) < 4.78 is 7.95. The second kappa shape index (κ2) is 5.51. The molecule has 0 saturated heterocycles. The quantitative estimate of drug-likeness (QED) is 0.779. The first-order chi connectivity index (χ1) is 9.15. The highest BCUT2D eigenvalue weighted by molar-refractivity contribution is 5.92. The molecule has 102 valence electrons. The standard InChI is InChI=1S/C11H16N6O2/c1-3-4-17-9(13-7-14-17)6-16-5-8(12)10(15-16)11(18)19-2/h5,7H,3-4,6,12H2,1-2H3. The number of esters is 1. The summed E-state index contributed by atoms with van der Waals surface area (Å²) in [6.45, 7) is 3.25. The first kappa shape index (κ1) is 13.1. The molecule has 0 atom stereocenters. The number of carbonyl (C=O) groups is 1. The molecule has 0 fully saturated rings. The number of nitrogens with two attached hydrogens (primary N) is 1. The van der Waals surface area contributed by atoms with E-state index < -0.39 is 5.97 Å². The van der Waals surface area contributed by atoms with Crippen molar-refractivity contribution in [1.29, 1.82) is 0 Å². The van der Waals surface area contributed by atoms with E-state index in [1.165, 1.54) is 13.4 Å². The van der Waals surface area contributed by atoms with Gasteiger partial charge in [-0.15, -0.1) is 0 Å². The van der Waals surface area contributed by atoms with E-state index in [9.17, 15) is 4.79 Å². The molecule has 2 aromatic heterocycles. The summed E-state index contributed by atoms with van der Waals surface area (Å²) in [6.07, 6.45) is 4.04. The second-order valence-corrected chi connectivity index (χ2v) is 4.02. The fraction of sp³-hybridized carbons (Fsp3) is 0.455. The average molecular weight is 264 g/mol. The van der Waals surface area contributed by atoms with Crippen LogP contribution in [0.4, 0.5) is 5.69 Å². The maximum Gasteiger partial charge on any atom is 0.360 e. The van der Waals surface area contributed by atoms with Crippen LogP contribution in [0.5, 0.6) is 0 Å². The topological polar surface area (TPSA) is 101 Å². The van der Waals surface area contributed by atoms with Gasteiger partial charge in [0, 0.05) is 12.7 Å². The van der Waals surface area contributed by atoms with Gasteiger partial charge in [-0.3, -0.25) is 4.68 Å². The van der Waals surface area contributed by atoms with E-state index in [-0.39, 0.29) is 11.4 Å². The van der Waals surface area contributed by atoms with Gasteiger partial charge in [-0.05, 0) is 6.42 Å². The van der Waals surface area contributed by atoms with E-state index in [0.717, 1.165) is 18.8 Å². The number of rotatable bonds is 5.